The first-order chi connectivity index (χ1) is 8.24. The van der Waals surface area contributed by atoms with Crippen molar-refractivity contribution in [2.75, 3.05) is 20.0 Å². The third kappa shape index (κ3) is 2.28. The lowest BCUT2D eigenvalue weighted by atomic mass is 10.1. The van der Waals surface area contributed by atoms with E-state index in [2.05, 4.69) is 10.2 Å². The van der Waals surface area contributed by atoms with E-state index in [0.29, 0.717) is 23.0 Å². The van der Waals surface area contributed by atoms with Crippen molar-refractivity contribution in [2.45, 2.75) is 0 Å². The number of aromatic nitrogens is 2. The van der Waals surface area contributed by atoms with Gasteiger partial charge in [0.05, 0.1) is 19.9 Å². The van der Waals surface area contributed by atoms with Crippen molar-refractivity contribution in [1.29, 1.82) is 0 Å². The van der Waals surface area contributed by atoms with Crippen molar-refractivity contribution >= 4 is 5.69 Å². The minimum atomic E-state index is 0.367. The van der Waals surface area contributed by atoms with E-state index in [1.807, 2.05) is 24.3 Å². The van der Waals surface area contributed by atoms with Gasteiger partial charge in [0.15, 0.2) is 5.75 Å². The molecule has 0 bridgehead atoms. The van der Waals surface area contributed by atoms with Gasteiger partial charge in [0.1, 0.15) is 0 Å². The lowest BCUT2D eigenvalue weighted by Gasteiger charge is -2.07. The summed E-state index contributed by atoms with van der Waals surface area (Å²) < 4.78 is 10.2. The van der Waals surface area contributed by atoms with E-state index >= 15 is 0 Å². The third-order valence-electron chi connectivity index (χ3n) is 2.35. The minimum Gasteiger partial charge on any atom is -0.491 e. The molecule has 1 aromatic carbocycles. The number of methoxy groups -OCH3 is 2. The number of rotatable bonds is 3. The molecule has 0 aliphatic carbocycles. The number of hydrogen-bond acceptors (Lipinski definition) is 5. The van der Waals surface area contributed by atoms with Gasteiger partial charge in [0, 0.05) is 17.3 Å². The average molecular weight is 231 g/mol. The van der Waals surface area contributed by atoms with E-state index in [0.717, 1.165) is 5.56 Å². The second-order valence-corrected chi connectivity index (χ2v) is 3.43. The van der Waals surface area contributed by atoms with Crippen LogP contribution in [0.5, 0.6) is 11.6 Å². The second-order valence-electron chi connectivity index (χ2n) is 3.43. The molecule has 2 rings (SSSR count). The largest absolute Gasteiger partial charge is 0.491 e. The molecule has 0 fully saturated rings. The summed E-state index contributed by atoms with van der Waals surface area (Å²) in [5.41, 5.74) is 7.97. The molecule has 0 atom stereocenters. The zero-order chi connectivity index (χ0) is 12.3. The zero-order valence-electron chi connectivity index (χ0n) is 9.68. The molecule has 0 saturated carbocycles. The number of benzene rings is 1. The van der Waals surface area contributed by atoms with Gasteiger partial charge in [-0.25, -0.2) is 0 Å². The van der Waals surface area contributed by atoms with Gasteiger partial charge < -0.3 is 15.2 Å². The fourth-order valence-electron chi connectivity index (χ4n) is 1.45. The molecule has 0 radical (unpaired) electrons. The Morgan fingerprint density at radius 3 is 2.29 bits per heavy atom. The molecule has 2 aromatic rings. The Morgan fingerprint density at radius 2 is 1.71 bits per heavy atom. The Kier molecular flexibility index (Phi) is 3.09. The van der Waals surface area contributed by atoms with Crippen LogP contribution in [-0.4, -0.2) is 24.4 Å². The summed E-state index contributed by atoms with van der Waals surface area (Å²) in [5.74, 6) is 0.918. The Labute approximate surface area is 99.2 Å². The molecular formula is C12H13N3O2. The fraction of sp³-hybridized carbons (Fsp3) is 0.167. The van der Waals surface area contributed by atoms with Crippen LogP contribution in [0.25, 0.3) is 11.3 Å². The second kappa shape index (κ2) is 4.69. The number of nitrogen functional groups attached to an aromatic ring is 1. The monoisotopic (exact) mass is 231 g/mol. The molecule has 0 aliphatic rings. The van der Waals surface area contributed by atoms with E-state index in [1.165, 1.54) is 7.11 Å². The SMILES string of the molecule is COc1cc(-c2ccc(N)cc2)nnc1OC. The van der Waals surface area contributed by atoms with Crippen molar-refractivity contribution in [3.8, 4) is 22.9 Å². The van der Waals surface area contributed by atoms with Crippen LogP contribution in [-0.2, 0) is 0 Å². The van der Waals surface area contributed by atoms with Crippen LogP contribution in [0.4, 0.5) is 5.69 Å². The van der Waals surface area contributed by atoms with Gasteiger partial charge in [0.2, 0.25) is 0 Å². The van der Waals surface area contributed by atoms with Gasteiger partial charge >= 0.3 is 0 Å². The van der Waals surface area contributed by atoms with Gasteiger partial charge in [-0.3, -0.25) is 0 Å². The maximum Gasteiger partial charge on any atom is 0.276 e. The predicted molar refractivity (Wildman–Crippen MR) is 65.0 cm³/mol. The van der Waals surface area contributed by atoms with Crippen molar-refractivity contribution < 1.29 is 9.47 Å². The molecule has 1 heterocycles. The molecule has 0 amide bonds. The zero-order valence-corrected chi connectivity index (χ0v) is 9.68. The number of nitrogens with zero attached hydrogens (tertiary/aromatic N) is 2. The summed E-state index contributed by atoms with van der Waals surface area (Å²) in [6.07, 6.45) is 0. The van der Waals surface area contributed by atoms with E-state index in [-0.39, 0.29) is 0 Å². The highest BCUT2D eigenvalue weighted by Gasteiger charge is 2.08. The van der Waals surface area contributed by atoms with Crippen LogP contribution >= 0.6 is 0 Å². The molecule has 17 heavy (non-hydrogen) atoms. The minimum absolute atomic E-state index is 0.367. The molecule has 0 unspecified atom stereocenters. The molecule has 5 nitrogen and oxygen atoms in total. The van der Waals surface area contributed by atoms with Crippen molar-refractivity contribution in [3.05, 3.63) is 30.3 Å². The van der Waals surface area contributed by atoms with Gasteiger partial charge in [-0.2, -0.15) is 0 Å². The highest BCUT2D eigenvalue weighted by atomic mass is 16.5. The third-order valence-corrected chi connectivity index (χ3v) is 2.35. The number of hydrogen-bond donors (Lipinski definition) is 1. The summed E-state index contributed by atoms with van der Waals surface area (Å²) >= 11 is 0. The van der Waals surface area contributed by atoms with Crippen molar-refractivity contribution in [3.63, 3.8) is 0 Å². The summed E-state index contributed by atoms with van der Waals surface area (Å²) in [6.45, 7) is 0. The normalized spacial score (nSPS) is 10.0. The van der Waals surface area contributed by atoms with Crippen molar-refractivity contribution in [2.24, 2.45) is 0 Å². The average Bonchev–Trinajstić information content (AvgIpc) is 2.39. The quantitative estimate of drug-likeness (QED) is 0.815. The van der Waals surface area contributed by atoms with Crippen LogP contribution in [0.1, 0.15) is 0 Å². The summed E-state index contributed by atoms with van der Waals surface area (Å²) in [6, 6.07) is 9.16. The topological polar surface area (TPSA) is 70.3 Å². The Morgan fingerprint density at radius 1 is 1.00 bits per heavy atom. The van der Waals surface area contributed by atoms with Gasteiger partial charge in [-0.05, 0) is 12.1 Å². The maximum absolute atomic E-state index is 5.63. The number of ether oxygens (including phenoxy) is 2. The maximum atomic E-state index is 5.63. The number of nitrogens with two attached hydrogens (primary N) is 1. The lowest BCUT2D eigenvalue weighted by molar-refractivity contribution is 0.338. The van der Waals surface area contributed by atoms with E-state index < -0.39 is 0 Å². The lowest BCUT2D eigenvalue weighted by Crippen LogP contribution is -1.97. The molecule has 5 heteroatoms. The highest BCUT2D eigenvalue weighted by Crippen LogP contribution is 2.28. The van der Waals surface area contributed by atoms with Gasteiger partial charge in [-0.1, -0.05) is 12.1 Å². The first-order valence-corrected chi connectivity index (χ1v) is 5.06. The molecule has 0 spiro atoms. The standard InChI is InChI=1S/C12H13N3O2/c1-16-11-7-10(14-15-12(11)17-2)8-3-5-9(13)6-4-8/h3-7H,13H2,1-2H3. The van der Waals surface area contributed by atoms with Gasteiger partial charge in [-0.15, -0.1) is 10.2 Å². The summed E-state index contributed by atoms with van der Waals surface area (Å²) in [7, 11) is 3.09. The molecule has 88 valence electrons. The van der Waals surface area contributed by atoms with Gasteiger partial charge in [0.25, 0.3) is 5.88 Å². The molecule has 2 N–H and O–H groups in total. The van der Waals surface area contributed by atoms with E-state index in [9.17, 15) is 0 Å². The van der Waals surface area contributed by atoms with Crippen molar-refractivity contribution in [1.82, 2.24) is 10.2 Å². The molecule has 0 saturated heterocycles. The van der Waals surface area contributed by atoms with Crippen LogP contribution in [0.15, 0.2) is 30.3 Å². The van der Waals surface area contributed by atoms with Crippen LogP contribution in [0.2, 0.25) is 0 Å². The first-order valence-electron chi connectivity index (χ1n) is 5.06. The first kappa shape index (κ1) is 11.2. The predicted octanol–water partition coefficient (Wildman–Crippen LogP) is 1.74. The van der Waals surface area contributed by atoms with Crippen LogP contribution < -0.4 is 15.2 Å². The Hall–Kier alpha value is -2.30. The van der Waals surface area contributed by atoms with E-state index in [1.54, 1.807) is 13.2 Å². The summed E-state index contributed by atoms with van der Waals surface area (Å²) in [5, 5.41) is 8.00. The Balaban J connectivity index is 2.42. The molecule has 1 aromatic heterocycles. The number of anilines is 1. The fourth-order valence-corrected chi connectivity index (χ4v) is 1.45. The highest BCUT2D eigenvalue weighted by molar-refractivity contribution is 5.63. The molecular weight excluding hydrogens is 218 g/mol. The smallest absolute Gasteiger partial charge is 0.276 e. The van der Waals surface area contributed by atoms with Crippen LogP contribution in [0.3, 0.4) is 0 Å². The van der Waals surface area contributed by atoms with E-state index in [4.69, 9.17) is 15.2 Å². The molecule has 0 aliphatic heterocycles. The van der Waals surface area contributed by atoms with Crippen LogP contribution in [0, 0.1) is 0 Å². The summed E-state index contributed by atoms with van der Waals surface area (Å²) in [4.78, 5) is 0. The Bertz CT molecular complexity index is 512.